The second-order valence-corrected chi connectivity index (χ2v) is 3.26. The molecule has 1 fully saturated rings. The summed E-state index contributed by atoms with van der Waals surface area (Å²) in [4.78, 5) is 22.7. The lowest BCUT2D eigenvalue weighted by Crippen LogP contribution is -2.41. The Balaban J connectivity index is 2.84. The molecule has 1 rings (SSSR count). The second-order valence-electron chi connectivity index (χ2n) is 3.26. The van der Waals surface area contributed by atoms with E-state index in [1.54, 1.807) is 7.05 Å². The molecule has 0 aromatic carbocycles. The van der Waals surface area contributed by atoms with Gasteiger partial charge in [0, 0.05) is 27.1 Å². The van der Waals surface area contributed by atoms with E-state index < -0.39 is 17.7 Å². The zero-order valence-electron chi connectivity index (χ0n) is 8.73. The molecule has 82 valence electrons. The van der Waals surface area contributed by atoms with E-state index in [2.05, 4.69) is 10.5 Å². The molecular weight excluding hydrogens is 200 g/mol. The van der Waals surface area contributed by atoms with Crippen LogP contribution in [0.1, 0.15) is 13.8 Å². The summed E-state index contributed by atoms with van der Waals surface area (Å²) in [7, 11) is 1.59. The van der Waals surface area contributed by atoms with Crippen molar-refractivity contribution in [2.45, 2.75) is 19.6 Å². The van der Waals surface area contributed by atoms with Gasteiger partial charge < -0.3 is 14.9 Å². The van der Waals surface area contributed by atoms with Gasteiger partial charge in [0.1, 0.15) is 5.57 Å². The molecule has 0 radical (unpaired) electrons. The Morgan fingerprint density at radius 1 is 1.27 bits per heavy atom. The van der Waals surface area contributed by atoms with Gasteiger partial charge in [0.2, 0.25) is 0 Å². The van der Waals surface area contributed by atoms with Crippen LogP contribution in [0, 0.1) is 0 Å². The number of nitrogens with one attached hydrogen (secondary N) is 1. The van der Waals surface area contributed by atoms with Crippen LogP contribution in [0.15, 0.2) is 16.8 Å². The van der Waals surface area contributed by atoms with Gasteiger partial charge in [0.15, 0.2) is 0 Å². The van der Waals surface area contributed by atoms with E-state index in [1.165, 1.54) is 26.1 Å². The summed E-state index contributed by atoms with van der Waals surface area (Å²) in [6, 6.07) is 0. The molecule has 6 heteroatoms. The van der Waals surface area contributed by atoms with Crippen LogP contribution < -0.4 is 5.43 Å². The van der Waals surface area contributed by atoms with Crippen molar-refractivity contribution in [1.82, 2.24) is 5.43 Å². The van der Waals surface area contributed by atoms with E-state index in [0.717, 1.165) is 0 Å². The molecule has 0 atom stereocenters. The number of carbonyl (C=O) groups excluding carboxylic acids is 2. The summed E-state index contributed by atoms with van der Waals surface area (Å²) in [5, 5.41) is 3.60. The van der Waals surface area contributed by atoms with E-state index in [0.29, 0.717) is 0 Å². The summed E-state index contributed by atoms with van der Waals surface area (Å²) in [6.45, 7) is 2.97. The first-order valence-corrected chi connectivity index (χ1v) is 4.33. The van der Waals surface area contributed by atoms with Crippen LogP contribution in [0.3, 0.4) is 0 Å². The fraction of sp³-hybridized carbons (Fsp3) is 0.444. The van der Waals surface area contributed by atoms with Gasteiger partial charge in [0.05, 0.1) is 0 Å². The van der Waals surface area contributed by atoms with E-state index in [1.807, 2.05) is 0 Å². The van der Waals surface area contributed by atoms with Gasteiger partial charge in [-0.3, -0.25) is 0 Å². The van der Waals surface area contributed by atoms with E-state index >= 15 is 0 Å². The van der Waals surface area contributed by atoms with Crippen molar-refractivity contribution in [3.05, 3.63) is 11.6 Å². The number of ether oxygens (including phenoxy) is 2. The zero-order chi connectivity index (χ0) is 11.5. The van der Waals surface area contributed by atoms with Crippen molar-refractivity contribution < 1.29 is 19.1 Å². The van der Waals surface area contributed by atoms with Gasteiger partial charge in [-0.1, -0.05) is 0 Å². The maximum absolute atomic E-state index is 11.3. The maximum atomic E-state index is 11.3. The highest BCUT2D eigenvalue weighted by atomic mass is 16.7. The summed E-state index contributed by atoms with van der Waals surface area (Å²) >= 11 is 0. The van der Waals surface area contributed by atoms with Crippen molar-refractivity contribution in [3.63, 3.8) is 0 Å². The maximum Gasteiger partial charge on any atom is 0.348 e. The largest absolute Gasteiger partial charge is 0.419 e. The lowest BCUT2D eigenvalue weighted by molar-refractivity contribution is -0.222. The molecule has 1 aliphatic rings. The van der Waals surface area contributed by atoms with Crippen LogP contribution in [-0.2, 0) is 19.1 Å². The minimum Gasteiger partial charge on any atom is -0.419 e. The third-order valence-corrected chi connectivity index (χ3v) is 1.56. The molecule has 0 aliphatic carbocycles. The average molecular weight is 212 g/mol. The fourth-order valence-corrected chi connectivity index (χ4v) is 0.983. The minimum atomic E-state index is -1.20. The van der Waals surface area contributed by atoms with Crippen LogP contribution in [0.2, 0.25) is 0 Å². The molecule has 1 heterocycles. The molecule has 0 bridgehead atoms. The van der Waals surface area contributed by atoms with Crippen LogP contribution in [0.25, 0.3) is 0 Å². The van der Waals surface area contributed by atoms with Crippen molar-refractivity contribution in [3.8, 4) is 0 Å². The van der Waals surface area contributed by atoms with E-state index in [-0.39, 0.29) is 5.57 Å². The number of esters is 2. The quantitative estimate of drug-likeness (QED) is 0.228. The van der Waals surface area contributed by atoms with Crippen molar-refractivity contribution in [1.29, 1.82) is 0 Å². The number of rotatable bonds is 2. The van der Waals surface area contributed by atoms with Crippen LogP contribution in [0.5, 0.6) is 0 Å². The normalized spacial score (nSPS) is 19.8. The highest BCUT2D eigenvalue weighted by Crippen LogP contribution is 2.21. The number of cyclic esters (lactones) is 2. The summed E-state index contributed by atoms with van der Waals surface area (Å²) in [6.07, 6.45) is 2.51. The molecule has 0 saturated carbocycles. The Morgan fingerprint density at radius 3 is 2.27 bits per heavy atom. The molecule has 0 aromatic rings. The number of hydrazone groups is 1. The number of allylic oxidation sites excluding steroid dienone is 1. The lowest BCUT2D eigenvalue weighted by atomic mass is 10.2. The average Bonchev–Trinajstić information content (AvgIpc) is 2.08. The van der Waals surface area contributed by atoms with Gasteiger partial charge in [-0.15, -0.1) is 0 Å². The monoisotopic (exact) mass is 212 g/mol. The van der Waals surface area contributed by atoms with Gasteiger partial charge >= 0.3 is 11.9 Å². The van der Waals surface area contributed by atoms with Gasteiger partial charge in [-0.25, -0.2) is 9.59 Å². The number of hydrogen-bond acceptors (Lipinski definition) is 6. The Hall–Kier alpha value is -1.85. The predicted octanol–water partition coefficient (Wildman–Crippen LogP) is -0.0459. The third kappa shape index (κ3) is 2.80. The van der Waals surface area contributed by atoms with Crippen LogP contribution >= 0.6 is 0 Å². The molecule has 15 heavy (non-hydrogen) atoms. The summed E-state index contributed by atoms with van der Waals surface area (Å²) in [5.41, 5.74) is 2.30. The summed E-state index contributed by atoms with van der Waals surface area (Å²) < 4.78 is 9.71. The van der Waals surface area contributed by atoms with Crippen molar-refractivity contribution >= 4 is 18.2 Å². The number of carbonyl (C=O) groups is 2. The highest BCUT2D eigenvalue weighted by Gasteiger charge is 2.38. The van der Waals surface area contributed by atoms with Crippen LogP contribution in [0.4, 0.5) is 0 Å². The first-order valence-electron chi connectivity index (χ1n) is 4.33. The molecule has 1 N–H and O–H groups in total. The standard InChI is InChI=1S/C9H12N2O4/c1-9(2)14-7(12)6(8(13)15-9)4-5-11-10-3/h4-5,10H,1-3H3. The first kappa shape index (κ1) is 11.2. The zero-order valence-corrected chi connectivity index (χ0v) is 8.73. The Bertz CT molecular complexity index is 322. The van der Waals surface area contributed by atoms with Gasteiger partial charge in [-0.2, -0.15) is 5.10 Å². The second kappa shape index (κ2) is 4.12. The molecule has 0 unspecified atom stereocenters. The highest BCUT2D eigenvalue weighted by molar-refractivity contribution is 6.17. The molecular formula is C9H12N2O4. The third-order valence-electron chi connectivity index (χ3n) is 1.56. The van der Waals surface area contributed by atoms with Gasteiger partial charge in [0.25, 0.3) is 5.79 Å². The molecule has 0 spiro atoms. The fourth-order valence-electron chi connectivity index (χ4n) is 0.983. The minimum absolute atomic E-state index is 0.173. The lowest BCUT2D eigenvalue weighted by Gasteiger charge is -2.29. The number of nitrogens with zero attached hydrogens (tertiary/aromatic N) is 1. The predicted molar refractivity (Wildman–Crippen MR) is 51.9 cm³/mol. The van der Waals surface area contributed by atoms with Crippen LogP contribution in [-0.4, -0.2) is 31.0 Å². The Morgan fingerprint density at radius 2 is 1.80 bits per heavy atom. The molecule has 0 amide bonds. The first-order chi connectivity index (χ1) is 6.96. The molecule has 1 aliphatic heterocycles. The van der Waals surface area contributed by atoms with Gasteiger partial charge in [-0.05, 0) is 6.08 Å². The summed E-state index contributed by atoms with van der Waals surface area (Å²) in [5.74, 6) is -2.62. The Labute approximate surface area is 86.9 Å². The molecule has 6 nitrogen and oxygen atoms in total. The SMILES string of the molecule is CNN=CC=C1C(=O)OC(C)(C)OC1=O. The smallest absolute Gasteiger partial charge is 0.348 e. The topological polar surface area (TPSA) is 77.0 Å². The van der Waals surface area contributed by atoms with Crippen molar-refractivity contribution in [2.24, 2.45) is 5.10 Å². The van der Waals surface area contributed by atoms with Crippen molar-refractivity contribution in [2.75, 3.05) is 7.05 Å². The van der Waals surface area contributed by atoms with E-state index in [4.69, 9.17) is 9.47 Å². The van der Waals surface area contributed by atoms with E-state index in [9.17, 15) is 9.59 Å². The number of hydrogen-bond donors (Lipinski definition) is 1. The Kier molecular flexibility index (Phi) is 3.08. The molecule has 0 aromatic heterocycles. The molecule has 1 saturated heterocycles.